The number of aromatic nitrogens is 2. The summed E-state index contributed by atoms with van der Waals surface area (Å²) in [5.74, 6) is 0.214. The molecule has 1 aliphatic carbocycles. The average molecular weight is 440 g/mol. The molecule has 2 aromatic rings. The minimum absolute atomic E-state index is 0.0371. The van der Waals surface area contributed by atoms with Gasteiger partial charge in [-0.3, -0.25) is 9.48 Å². The topological polar surface area (TPSA) is 101 Å². The molecule has 0 radical (unpaired) electrons. The van der Waals surface area contributed by atoms with Crippen molar-refractivity contribution < 1.29 is 18.3 Å². The van der Waals surface area contributed by atoms with E-state index >= 15 is 0 Å². The highest BCUT2D eigenvalue weighted by Crippen LogP contribution is 2.36. The molecule has 1 heterocycles. The van der Waals surface area contributed by atoms with Crippen molar-refractivity contribution in [2.45, 2.75) is 49.5 Å². The van der Waals surface area contributed by atoms with E-state index in [0.717, 1.165) is 19.1 Å². The monoisotopic (exact) mass is 439 g/mol. The van der Waals surface area contributed by atoms with Crippen LogP contribution in [0.3, 0.4) is 0 Å². The molecular weight excluding hydrogens is 414 g/mol. The lowest BCUT2D eigenvalue weighted by Crippen LogP contribution is -2.23. The number of nitrogens with zero attached hydrogens (tertiary/aromatic N) is 2. The molecule has 0 spiro atoms. The van der Waals surface area contributed by atoms with Gasteiger partial charge in [0.05, 0.1) is 29.0 Å². The van der Waals surface area contributed by atoms with Gasteiger partial charge in [0.1, 0.15) is 0 Å². The zero-order chi connectivity index (χ0) is 21.0. The first-order valence-corrected chi connectivity index (χ1v) is 12.0. The Morgan fingerprint density at radius 2 is 2.07 bits per heavy atom. The summed E-state index contributed by atoms with van der Waals surface area (Å²) in [7, 11) is -3.44. The fourth-order valence-electron chi connectivity index (χ4n) is 3.88. The zero-order valence-electron chi connectivity index (χ0n) is 16.3. The molecule has 7 nitrogen and oxygen atoms in total. The van der Waals surface area contributed by atoms with Gasteiger partial charge < -0.3 is 10.4 Å². The molecule has 2 N–H and O–H groups in total. The van der Waals surface area contributed by atoms with Crippen molar-refractivity contribution in [1.29, 1.82) is 0 Å². The number of sulfone groups is 1. The molecule has 1 atom stereocenters. The molecule has 1 aromatic heterocycles. The average Bonchev–Trinajstić information content (AvgIpc) is 3.31. The van der Waals surface area contributed by atoms with E-state index in [4.69, 9.17) is 16.7 Å². The molecule has 1 aromatic carbocycles. The van der Waals surface area contributed by atoms with Crippen LogP contribution in [-0.4, -0.2) is 42.1 Å². The Hall–Kier alpha value is -1.90. The smallest absolute Gasteiger partial charge is 0.233 e. The number of hydrogen-bond donors (Lipinski definition) is 2. The lowest BCUT2D eigenvalue weighted by molar-refractivity contribution is -0.118. The van der Waals surface area contributed by atoms with Gasteiger partial charge in [0.25, 0.3) is 0 Å². The van der Waals surface area contributed by atoms with Gasteiger partial charge in [0.15, 0.2) is 15.7 Å². The third-order valence-electron chi connectivity index (χ3n) is 5.34. The second-order valence-corrected chi connectivity index (χ2v) is 9.97. The Kier molecular flexibility index (Phi) is 6.97. The highest BCUT2D eigenvalue weighted by molar-refractivity contribution is 7.90. The molecule has 1 unspecified atom stereocenters. The second kappa shape index (κ2) is 9.28. The summed E-state index contributed by atoms with van der Waals surface area (Å²) in [5.41, 5.74) is 0.696. The van der Waals surface area contributed by atoms with Crippen LogP contribution in [0.25, 0.3) is 0 Å². The lowest BCUT2D eigenvalue weighted by Gasteiger charge is -2.21. The van der Waals surface area contributed by atoms with Crippen LogP contribution in [0.2, 0.25) is 5.02 Å². The normalized spacial score (nSPS) is 16.1. The Balaban J connectivity index is 1.85. The fourth-order valence-corrected chi connectivity index (χ4v) is 5.21. The Labute approximate surface area is 176 Å². The third-order valence-corrected chi connectivity index (χ3v) is 6.92. The number of rotatable bonds is 8. The van der Waals surface area contributed by atoms with Crippen molar-refractivity contribution in [3.63, 3.8) is 0 Å². The van der Waals surface area contributed by atoms with Gasteiger partial charge in [-0.1, -0.05) is 43.4 Å². The first-order valence-electron chi connectivity index (χ1n) is 9.72. The van der Waals surface area contributed by atoms with Gasteiger partial charge in [0, 0.05) is 18.5 Å². The van der Waals surface area contributed by atoms with E-state index in [1.54, 1.807) is 29.1 Å². The van der Waals surface area contributed by atoms with Crippen LogP contribution in [0.5, 0.6) is 0 Å². The van der Waals surface area contributed by atoms with Crippen LogP contribution in [0.15, 0.2) is 35.4 Å². The van der Waals surface area contributed by atoms with Gasteiger partial charge in [-0.2, -0.15) is 5.10 Å². The van der Waals surface area contributed by atoms with Gasteiger partial charge >= 0.3 is 0 Å². The number of aliphatic hydroxyl groups is 1. The molecule has 29 heavy (non-hydrogen) atoms. The van der Waals surface area contributed by atoms with Crippen LogP contribution in [0, 0.1) is 5.92 Å². The highest BCUT2D eigenvalue weighted by atomic mass is 35.5. The summed E-state index contributed by atoms with van der Waals surface area (Å²) in [5, 5.41) is 16.2. The zero-order valence-corrected chi connectivity index (χ0v) is 17.9. The fraction of sp³-hybridized carbons (Fsp3) is 0.500. The molecule has 1 aliphatic rings. The summed E-state index contributed by atoms with van der Waals surface area (Å²) >= 11 is 6.23. The van der Waals surface area contributed by atoms with Crippen LogP contribution in [0.4, 0.5) is 5.82 Å². The summed E-state index contributed by atoms with van der Waals surface area (Å²) in [6, 6.07) is 6.41. The highest BCUT2D eigenvalue weighted by Gasteiger charge is 2.28. The lowest BCUT2D eigenvalue weighted by atomic mass is 9.87. The predicted octanol–water partition coefficient (Wildman–Crippen LogP) is 3.23. The Bertz CT molecular complexity index is 968. The van der Waals surface area contributed by atoms with Gasteiger partial charge in [-0.15, -0.1) is 0 Å². The molecule has 1 saturated carbocycles. The summed E-state index contributed by atoms with van der Waals surface area (Å²) in [6.07, 6.45) is 7.98. The first-order chi connectivity index (χ1) is 13.8. The maximum atomic E-state index is 13.1. The number of anilines is 1. The minimum atomic E-state index is -3.44. The van der Waals surface area contributed by atoms with Crippen LogP contribution in [-0.2, 0) is 21.2 Å². The number of aliphatic hydroxyl groups excluding tert-OH is 1. The summed E-state index contributed by atoms with van der Waals surface area (Å²) in [6.45, 7) is 0.314. The van der Waals surface area contributed by atoms with Crippen molar-refractivity contribution in [2.75, 3.05) is 18.2 Å². The minimum Gasteiger partial charge on any atom is -0.394 e. The molecule has 9 heteroatoms. The van der Waals surface area contributed by atoms with Crippen molar-refractivity contribution in [3.8, 4) is 0 Å². The predicted molar refractivity (Wildman–Crippen MR) is 112 cm³/mol. The summed E-state index contributed by atoms with van der Waals surface area (Å²) in [4.78, 5) is 13.2. The largest absolute Gasteiger partial charge is 0.394 e. The van der Waals surface area contributed by atoms with E-state index < -0.39 is 15.8 Å². The van der Waals surface area contributed by atoms with Crippen molar-refractivity contribution >= 4 is 33.2 Å². The third kappa shape index (κ3) is 5.58. The van der Waals surface area contributed by atoms with E-state index in [9.17, 15) is 13.2 Å². The van der Waals surface area contributed by atoms with Crippen LogP contribution < -0.4 is 5.32 Å². The molecule has 3 rings (SSSR count). The quantitative estimate of drug-likeness (QED) is 0.657. The molecule has 1 fully saturated rings. The van der Waals surface area contributed by atoms with Crippen LogP contribution in [0.1, 0.15) is 43.6 Å². The van der Waals surface area contributed by atoms with E-state index in [1.807, 2.05) is 0 Å². The molecule has 158 valence electrons. The SMILES string of the molecule is CS(=O)(=O)c1ccc(C(CC2CCCC2)C(=O)Nc2ccn(CCO)n2)cc1Cl. The first kappa shape index (κ1) is 21.8. The summed E-state index contributed by atoms with van der Waals surface area (Å²) < 4.78 is 25.3. The number of halogens is 1. The number of nitrogens with one attached hydrogen (secondary N) is 1. The van der Waals surface area contributed by atoms with Crippen LogP contribution >= 0.6 is 11.6 Å². The maximum Gasteiger partial charge on any atom is 0.233 e. The van der Waals surface area contributed by atoms with E-state index in [2.05, 4.69) is 10.4 Å². The van der Waals surface area contributed by atoms with Gasteiger partial charge in [-0.05, 0) is 30.0 Å². The number of benzene rings is 1. The molecular formula is C20H26ClN3O4S. The van der Waals surface area contributed by atoms with E-state index in [0.29, 0.717) is 30.3 Å². The maximum absolute atomic E-state index is 13.1. The molecule has 0 saturated heterocycles. The number of carbonyl (C=O) groups is 1. The molecule has 0 bridgehead atoms. The van der Waals surface area contributed by atoms with Crippen molar-refractivity contribution in [1.82, 2.24) is 9.78 Å². The van der Waals surface area contributed by atoms with Gasteiger partial charge in [-0.25, -0.2) is 8.42 Å². The second-order valence-electron chi connectivity index (χ2n) is 7.58. The molecule has 1 amide bonds. The van der Waals surface area contributed by atoms with Gasteiger partial charge in [0.2, 0.25) is 5.91 Å². The van der Waals surface area contributed by atoms with E-state index in [1.165, 1.54) is 18.9 Å². The van der Waals surface area contributed by atoms with Crippen molar-refractivity contribution in [2.24, 2.45) is 5.92 Å². The Morgan fingerprint density at radius 3 is 2.69 bits per heavy atom. The molecule has 0 aliphatic heterocycles. The number of carbonyl (C=O) groups excluding carboxylic acids is 1. The Morgan fingerprint density at radius 1 is 1.34 bits per heavy atom. The number of hydrogen-bond acceptors (Lipinski definition) is 5. The van der Waals surface area contributed by atoms with E-state index in [-0.39, 0.29) is 22.4 Å². The standard InChI is InChI=1S/C20H26ClN3O4S/c1-29(27,28)18-7-6-15(13-17(18)21)16(12-14-4-2-3-5-14)20(26)22-19-8-9-24(23-19)10-11-25/h6-9,13-14,16,25H,2-5,10-12H2,1H3,(H,22,23,26). The van der Waals surface area contributed by atoms with Crippen molar-refractivity contribution in [3.05, 3.63) is 41.0 Å². The number of amides is 1.